The van der Waals surface area contributed by atoms with Crippen molar-refractivity contribution in [2.75, 3.05) is 23.5 Å². The highest BCUT2D eigenvalue weighted by atomic mass is 28.3. The van der Waals surface area contributed by atoms with E-state index >= 15 is 4.79 Å². The number of aromatic nitrogens is 3. The molecular formula is C45H45N5O5Si. The summed E-state index contributed by atoms with van der Waals surface area (Å²) in [6.45, 7) is 7.86. The maximum absolute atomic E-state index is 15.3. The second-order valence-corrected chi connectivity index (χ2v) is 20.5. The molecule has 0 unspecified atom stereocenters. The highest BCUT2D eigenvalue weighted by Gasteiger charge is 2.66. The molecule has 284 valence electrons. The van der Waals surface area contributed by atoms with Crippen LogP contribution in [0.4, 0.5) is 17.1 Å². The van der Waals surface area contributed by atoms with Crippen LogP contribution in [0.3, 0.4) is 0 Å². The number of ether oxygens (including phenoxy) is 2. The lowest BCUT2D eigenvalue weighted by atomic mass is 9.82. The van der Waals surface area contributed by atoms with Crippen LogP contribution in [-0.4, -0.2) is 59.8 Å². The number of carbonyl (C=O) groups excluding carboxylic acids is 2. The van der Waals surface area contributed by atoms with Crippen molar-refractivity contribution in [3.05, 3.63) is 138 Å². The fourth-order valence-corrected chi connectivity index (χ4v) is 13.8. The lowest BCUT2D eigenvalue weighted by molar-refractivity contribution is -0.146. The first-order chi connectivity index (χ1) is 27.1. The molecule has 4 atom stereocenters. The summed E-state index contributed by atoms with van der Waals surface area (Å²) in [6, 6.07) is 36.3. The van der Waals surface area contributed by atoms with Gasteiger partial charge in [-0.05, 0) is 65.4 Å². The first-order valence-electron chi connectivity index (χ1n) is 19.3. The summed E-state index contributed by atoms with van der Waals surface area (Å²) in [5.74, 6) is 0.537. The number of aliphatic hydroxyl groups excluding tert-OH is 1. The second-order valence-electron chi connectivity index (χ2n) is 15.8. The van der Waals surface area contributed by atoms with Gasteiger partial charge < -0.3 is 19.5 Å². The molecule has 56 heavy (non-hydrogen) atoms. The highest BCUT2D eigenvalue weighted by Crippen LogP contribution is 2.60. The Morgan fingerprint density at radius 2 is 1.66 bits per heavy atom. The molecule has 5 aromatic carbocycles. The Bertz CT molecular complexity index is 2480. The largest absolute Gasteiger partial charge is 0.497 e. The zero-order chi connectivity index (χ0) is 38.8. The van der Waals surface area contributed by atoms with Gasteiger partial charge >= 0.3 is 0 Å². The summed E-state index contributed by atoms with van der Waals surface area (Å²) in [5, 5.41) is 21.3. The number of rotatable bonds is 11. The SMILES string of the molecule is COc1ccc([Si](C)(C)[C@@H]2[C@@H](CCn3cc(CCO)nn3)O[C@]3(C(=O)N(Cc4cccc(N5C(=O)c6cccc7cccc5c67)c4)c4ccccc43)[C@H]2C)cc1. The van der Waals surface area contributed by atoms with E-state index in [1.54, 1.807) is 12.0 Å². The van der Waals surface area contributed by atoms with Gasteiger partial charge in [-0.1, -0.05) is 97.1 Å². The number of amides is 2. The third kappa shape index (κ3) is 5.59. The number of aliphatic hydroxyl groups is 1. The number of aryl methyl sites for hydroxylation is 1. The number of methoxy groups -OCH3 is 1. The zero-order valence-corrected chi connectivity index (χ0v) is 33.1. The summed E-state index contributed by atoms with van der Waals surface area (Å²) in [4.78, 5) is 32.8. The number of nitrogens with zero attached hydrogens (tertiary/aromatic N) is 5. The van der Waals surface area contributed by atoms with E-state index in [9.17, 15) is 9.90 Å². The number of benzene rings is 5. The van der Waals surface area contributed by atoms with E-state index in [0.29, 0.717) is 31.5 Å². The Balaban J connectivity index is 1.07. The van der Waals surface area contributed by atoms with Gasteiger partial charge in [-0.25, -0.2) is 0 Å². The van der Waals surface area contributed by atoms with Crippen LogP contribution in [0.1, 0.15) is 40.5 Å². The van der Waals surface area contributed by atoms with Crippen LogP contribution in [0.2, 0.25) is 18.6 Å². The Kier molecular flexibility index (Phi) is 8.91. The van der Waals surface area contributed by atoms with Crippen molar-refractivity contribution < 1.29 is 24.2 Å². The molecule has 1 N–H and O–H groups in total. The standard InChI is InChI=1S/C45H45N5O5Si/c1-29-42(56(3,4)35-20-18-34(54-2)19-21-35)40(22-24-48-28-32(23-25-51)46-47-48)55-45(29)37-15-5-6-16-38(37)49(44(45)53)27-30-10-7-13-33(26-30)50-39-17-9-12-31-11-8-14-36(41(31)39)43(50)52/h5-21,26,28-29,40,42,51H,22-25,27H2,1-4H3/t29-,40+,42-,45+/m0/s1. The van der Waals surface area contributed by atoms with Gasteiger partial charge in [-0.15, -0.1) is 5.10 Å². The first-order valence-corrected chi connectivity index (χ1v) is 22.4. The van der Waals surface area contributed by atoms with Gasteiger partial charge in [0.2, 0.25) is 0 Å². The summed E-state index contributed by atoms with van der Waals surface area (Å²) < 4.78 is 14.6. The van der Waals surface area contributed by atoms with E-state index in [1.807, 2.05) is 107 Å². The van der Waals surface area contributed by atoms with Crippen molar-refractivity contribution in [2.45, 2.75) is 63.2 Å². The van der Waals surface area contributed by atoms with Gasteiger partial charge in [0.1, 0.15) is 5.75 Å². The third-order valence-corrected chi connectivity index (χ3v) is 16.8. The molecule has 1 spiro atoms. The lowest BCUT2D eigenvalue weighted by Crippen LogP contribution is -2.51. The van der Waals surface area contributed by atoms with Crippen molar-refractivity contribution in [1.82, 2.24) is 15.0 Å². The maximum atomic E-state index is 15.3. The predicted molar refractivity (Wildman–Crippen MR) is 219 cm³/mol. The summed E-state index contributed by atoms with van der Waals surface area (Å²) in [7, 11) is -0.660. The van der Waals surface area contributed by atoms with E-state index in [1.165, 1.54) is 5.19 Å². The number of anilines is 3. The van der Waals surface area contributed by atoms with E-state index in [0.717, 1.165) is 50.4 Å². The van der Waals surface area contributed by atoms with Crippen molar-refractivity contribution in [3.63, 3.8) is 0 Å². The molecule has 2 amide bonds. The number of fused-ring (bicyclic) bond motifs is 2. The van der Waals surface area contributed by atoms with Gasteiger partial charge in [0.25, 0.3) is 11.8 Å². The fraction of sp³-hybridized carbons (Fsp3) is 0.289. The average Bonchev–Trinajstić information content (AvgIpc) is 3.94. The van der Waals surface area contributed by atoms with E-state index < -0.39 is 13.7 Å². The average molecular weight is 764 g/mol. The van der Waals surface area contributed by atoms with Crippen molar-refractivity contribution in [3.8, 4) is 5.75 Å². The maximum Gasteiger partial charge on any atom is 0.264 e. The van der Waals surface area contributed by atoms with Gasteiger partial charge in [-0.2, -0.15) is 0 Å². The normalized spacial score (nSPS) is 21.5. The molecule has 1 saturated heterocycles. The topological polar surface area (TPSA) is 110 Å². The van der Waals surface area contributed by atoms with E-state index in [4.69, 9.17) is 9.47 Å². The zero-order valence-electron chi connectivity index (χ0n) is 32.1. The van der Waals surface area contributed by atoms with E-state index in [2.05, 4.69) is 48.5 Å². The van der Waals surface area contributed by atoms with Crippen LogP contribution >= 0.6 is 0 Å². The lowest BCUT2D eigenvalue weighted by Gasteiger charge is -2.37. The molecule has 1 fully saturated rings. The molecule has 0 bridgehead atoms. The van der Waals surface area contributed by atoms with Gasteiger partial charge in [0.05, 0.1) is 50.5 Å². The van der Waals surface area contributed by atoms with Gasteiger partial charge in [-0.3, -0.25) is 19.2 Å². The minimum Gasteiger partial charge on any atom is -0.497 e. The molecule has 11 heteroatoms. The summed E-state index contributed by atoms with van der Waals surface area (Å²) in [5.41, 5.74) is 4.60. The van der Waals surface area contributed by atoms with Gasteiger partial charge in [0.15, 0.2) is 5.60 Å². The second kappa shape index (κ2) is 13.8. The van der Waals surface area contributed by atoms with Crippen LogP contribution in [0.25, 0.3) is 10.8 Å². The number of hydrogen-bond acceptors (Lipinski definition) is 7. The first kappa shape index (κ1) is 36.0. The van der Waals surface area contributed by atoms with Crippen LogP contribution in [0.15, 0.2) is 115 Å². The Labute approximate surface area is 327 Å². The molecule has 0 aliphatic carbocycles. The predicted octanol–water partition coefficient (Wildman–Crippen LogP) is 7.12. The Morgan fingerprint density at radius 1 is 0.911 bits per heavy atom. The van der Waals surface area contributed by atoms with Gasteiger partial charge in [0, 0.05) is 48.3 Å². The number of carbonyl (C=O) groups is 2. The Hall–Kier alpha value is -5.62. The smallest absolute Gasteiger partial charge is 0.264 e. The van der Waals surface area contributed by atoms with Crippen LogP contribution < -0.4 is 19.7 Å². The molecule has 0 saturated carbocycles. The summed E-state index contributed by atoms with van der Waals surface area (Å²) in [6.07, 6.45) is 2.72. The van der Waals surface area contributed by atoms with Crippen LogP contribution in [0.5, 0.6) is 5.75 Å². The minimum atomic E-state index is -2.34. The van der Waals surface area contributed by atoms with Crippen molar-refractivity contribution >= 4 is 52.9 Å². The molecular weight excluding hydrogens is 719 g/mol. The highest BCUT2D eigenvalue weighted by molar-refractivity contribution is 6.91. The quantitative estimate of drug-likeness (QED) is 0.140. The molecule has 9 rings (SSSR count). The summed E-state index contributed by atoms with van der Waals surface area (Å²) >= 11 is 0. The van der Waals surface area contributed by atoms with Crippen LogP contribution in [0, 0.1) is 5.92 Å². The molecule has 3 aliphatic heterocycles. The monoisotopic (exact) mass is 763 g/mol. The molecule has 1 aromatic heterocycles. The molecule has 6 aromatic rings. The minimum absolute atomic E-state index is 0.0116. The fourth-order valence-electron chi connectivity index (χ4n) is 9.78. The van der Waals surface area contributed by atoms with E-state index in [-0.39, 0.29) is 36.0 Å². The van der Waals surface area contributed by atoms with Crippen molar-refractivity contribution in [2.24, 2.45) is 5.92 Å². The number of hydrogen-bond donors (Lipinski definition) is 1. The van der Waals surface area contributed by atoms with Crippen molar-refractivity contribution in [1.29, 1.82) is 0 Å². The molecule has 10 nitrogen and oxygen atoms in total. The Morgan fingerprint density at radius 3 is 2.45 bits per heavy atom. The molecule has 4 heterocycles. The van der Waals surface area contributed by atoms with Crippen LogP contribution in [-0.2, 0) is 34.6 Å². The number of para-hydroxylation sites is 1. The molecule has 3 aliphatic rings. The molecule has 0 radical (unpaired) electrons. The third-order valence-electron chi connectivity index (χ3n) is 12.4.